The fraction of sp³-hybridized carbons (Fsp3) is 0.800. The van der Waals surface area contributed by atoms with Crippen LogP contribution in [0.1, 0.15) is 68.1 Å². The Kier molecular flexibility index (Phi) is 4.79. The molecule has 0 amide bonds. The molecular weight excluding hydrogens is 240 g/mol. The predicted molar refractivity (Wildman–Crippen MR) is 79.2 cm³/mol. The summed E-state index contributed by atoms with van der Waals surface area (Å²) < 4.78 is 0. The summed E-state index contributed by atoms with van der Waals surface area (Å²) in [4.78, 5) is 6.29. The third-order valence-electron chi connectivity index (χ3n) is 3.89. The smallest absolute Gasteiger partial charge is 0.110 e. The minimum Gasteiger partial charge on any atom is -0.305 e. The Morgan fingerprint density at radius 2 is 2.00 bits per heavy atom. The molecule has 1 aromatic rings. The lowest BCUT2D eigenvalue weighted by molar-refractivity contribution is 0.343. The van der Waals surface area contributed by atoms with Crippen LogP contribution in [0.4, 0.5) is 0 Å². The van der Waals surface area contributed by atoms with Crippen LogP contribution < -0.4 is 5.32 Å². The van der Waals surface area contributed by atoms with E-state index in [2.05, 4.69) is 33.0 Å². The van der Waals surface area contributed by atoms with Gasteiger partial charge in [0.05, 0.1) is 11.7 Å². The second-order valence-corrected chi connectivity index (χ2v) is 6.99. The summed E-state index contributed by atoms with van der Waals surface area (Å²) in [5.41, 5.74) is 1.29. The Balaban J connectivity index is 2.20. The average Bonchev–Trinajstić information content (AvgIpc) is 2.94. The minimum atomic E-state index is 0.483. The van der Waals surface area contributed by atoms with E-state index in [4.69, 9.17) is 4.98 Å². The highest BCUT2D eigenvalue weighted by molar-refractivity contribution is 7.11. The number of nitrogens with zero attached hydrogens (tertiary/aromatic N) is 1. The number of nitrogens with one attached hydrogen (secondary N) is 1. The summed E-state index contributed by atoms with van der Waals surface area (Å²) in [6.45, 7) is 8.89. The van der Waals surface area contributed by atoms with E-state index in [9.17, 15) is 0 Å². The van der Waals surface area contributed by atoms with Gasteiger partial charge in [-0.05, 0) is 32.1 Å². The van der Waals surface area contributed by atoms with E-state index in [1.54, 1.807) is 0 Å². The fourth-order valence-corrected chi connectivity index (χ4v) is 4.13. The number of hydrogen-bond acceptors (Lipinski definition) is 3. The monoisotopic (exact) mass is 266 g/mol. The van der Waals surface area contributed by atoms with Crippen molar-refractivity contribution >= 4 is 11.3 Å². The van der Waals surface area contributed by atoms with Crippen LogP contribution in [-0.4, -0.2) is 11.0 Å². The molecule has 1 saturated carbocycles. The van der Waals surface area contributed by atoms with Crippen LogP contribution in [0.2, 0.25) is 0 Å². The summed E-state index contributed by atoms with van der Waals surface area (Å²) >= 11 is 1.90. The molecule has 1 N–H and O–H groups in total. The normalized spacial score (nSPS) is 18.7. The van der Waals surface area contributed by atoms with Crippen molar-refractivity contribution in [2.24, 2.45) is 5.92 Å². The Bertz CT molecular complexity index is 378. The van der Waals surface area contributed by atoms with E-state index in [1.807, 2.05) is 11.3 Å². The highest BCUT2D eigenvalue weighted by atomic mass is 32.1. The topological polar surface area (TPSA) is 24.9 Å². The molecular formula is C15H26N2S. The van der Waals surface area contributed by atoms with Crippen molar-refractivity contribution in [2.45, 2.75) is 71.9 Å². The zero-order valence-electron chi connectivity index (χ0n) is 12.1. The molecule has 1 atom stereocenters. The van der Waals surface area contributed by atoms with Crippen molar-refractivity contribution in [3.05, 3.63) is 15.6 Å². The summed E-state index contributed by atoms with van der Waals surface area (Å²) in [7, 11) is 0. The number of hydrogen-bond donors (Lipinski definition) is 1. The second kappa shape index (κ2) is 6.16. The van der Waals surface area contributed by atoms with E-state index >= 15 is 0 Å². The number of rotatable bonds is 5. The molecule has 0 aliphatic heterocycles. The van der Waals surface area contributed by atoms with Gasteiger partial charge in [0.15, 0.2) is 0 Å². The van der Waals surface area contributed by atoms with Gasteiger partial charge in [0.25, 0.3) is 0 Å². The maximum atomic E-state index is 4.88. The molecule has 0 aromatic carbocycles. The van der Waals surface area contributed by atoms with Crippen LogP contribution in [0.15, 0.2) is 0 Å². The Hall–Kier alpha value is -0.410. The molecule has 1 fully saturated rings. The largest absolute Gasteiger partial charge is 0.305 e. The van der Waals surface area contributed by atoms with Gasteiger partial charge in [-0.25, -0.2) is 4.98 Å². The van der Waals surface area contributed by atoms with Crippen LogP contribution in [0.25, 0.3) is 0 Å². The lowest BCUT2D eigenvalue weighted by Crippen LogP contribution is -2.32. The SMILES string of the molecule is CCc1nc(C(NC(C)C)C2CCCC2)sc1C. The molecule has 1 aliphatic rings. The van der Waals surface area contributed by atoms with Crippen molar-refractivity contribution in [1.82, 2.24) is 10.3 Å². The first kappa shape index (κ1) is 14.0. The first-order valence-corrected chi connectivity index (χ1v) is 8.15. The van der Waals surface area contributed by atoms with Gasteiger partial charge >= 0.3 is 0 Å². The lowest BCUT2D eigenvalue weighted by atomic mass is 9.98. The molecule has 1 aliphatic carbocycles. The number of aromatic nitrogens is 1. The average molecular weight is 266 g/mol. The predicted octanol–water partition coefficient (Wildman–Crippen LogP) is 4.24. The van der Waals surface area contributed by atoms with Crippen LogP contribution in [0, 0.1) is 12.8 Å². The molecule has 1 heterocycles. The molecule has 0 saturated heterocycles. The molecule has 2 nitrogen and oxygen atoms in total. The molecule has 18 heavy (non-hydrogen) atoms. The molecule has 3 heteroatoms. The molecule has 1 unspecified atom stereocenters. The Morgan fingerprint density at radius 3 is 2.50 bits per heavy atom. The Labute approximate surface area is 115 Å². The van der Waals surface area contributed by atoms with E-state index in [-0.39, 0.29) is 0 Å². The highest BCUT2D eigenvalue weighted by Crippen LogP contribution is 2.38. The zero-order chi connectivity index (χ0) is 13.1. The standard InChI is InChI=1S/C15H26N2S/c1-5-13-11(4)18-15(17-13)14(16-10(2)3)12-8-6-7-9-12/h10,12,14,16H,5-9H2,1-4H3. The molecule has 1 aromatic heterocycles. The summed E-state index contributed by atoms with van der Waals surface area (Å²) in [6, 6.07) is 1.02. The van der Waals surface area contributed by atoms with Gasteiger partial charge in [-0.2, -0.15) is 0 Å². The van der Waals surface area contributed by atoms with E-state index < -0.39 is 0 Å². The van der Waals surface area contributed by atoms with Crippen LogP contribution >= 0.6 is 11.3 Å². The van der Waals surface area contributed by atoms with Gasteiger partial charge < -0.3 is 5.32 Å². The fourth-order valence-electron chi connectivity index (χ4n) is 2.97. The van der Waals surface area contributed by atoms with Crippen molar-refractivity contribution in [3.63, 3.8) is 0 Å². The summed E-state index contributed by atoms with van der Waals surface area (Å²) in [5, 5.41) is 5.07. The third kappa shape index (κ3) is 3.12. The van der Waals surface area contributed by atoms with Crippen LogP contribution in [-0.2, 0) is 6.42 Å². The van der Waals surface area contributed by atoms with Gasteiger partial charge in [0.1, 0.15) is 5.01 Å². The maximum absolute atomic E-state index is 4.88. The number of aryl methyl sites for hydroxylation is 2. The highest BCUT2D eigenvalue weighted by Gasteiger charge is 2.29. The molecule has 102 valence electrons. The molecule has 0 radical (unpaired) electrons. The maximum Gasteiger partial charge on any atom is 0.110 e. The molecule has 0 spiro atoms. The van der Waals surface area contributed by atoms with E-state index in [0.29, 0.717) is 12.1 Å². The van der Waals surface area contributed by atoms with Gasteiger partial charge in [-0.15, -0.1) is 11.3 Å². The summed E-state index contributed by atoms with van der Waals surface area (Å²) in [6.07, 6.45) is 6.58. The quantitative estimate of drug-likeness (QED) is 0.862. The van der Waals surface area contributed by atoms with E-state index in [0.717, 1.165) is 12.3 Å². The van der Waals surface area contributed by atoms with E-state index in [1.165, 1.54) is 41.3 Å². The molecule has 2 rings (SSSR count). The third-order valence-corrected chi connectivity index (χ3v) is 4.99. The first-order chi connectivity index (χ1) is 8.61. The van der Waals surface area contributed by atoms with Gasteiger partial charge in [0.2, 0.25) is 0 Å². The van der Waals surface area contributed by atoms with Gasteiger partial charge in [-0.1, -0.05) is 33.6 Å². The summed E-state index contributed by atoms with van der Waals surface area (Å²) in [5.74, 6) is 0.794. The van der Waals surface area contributed by atoms with Crippen LogP contribution in [0.3, 0.4) is 0 Å². The molecule has 0 bridgehead atoms. The van der Waals surface area contributed by atoms with Crippen molar-refractivity contribution in [3.8, 4) is 0 Å². The van der Waals surface area contributed by atoms with Crippen molar-refractivity contribution < 1.29 is 0 Å². The lowest BCUT2D eigenvalue weighted by Gasteiger charge is -2.25. The van der Waals surface area contributed by atoms with Crippen LogP contribution in [0.5, 0.6) is 0 Å². The van der Waals surface area contributed by atoms with Crippen molar-refractivity contribution in [1.29, 1.82) is 0 Å². The Morgan fingerprint density at radius 1 is 1.33 bits per heavy atom. The second-order valence-electron chi connectivity index (χ2n) is 5.75. The van der Waals surface area contributed by atoms with Gasteiger partial charge in [0, 0.05) is 10.9 Å². The minimum absolute atomic E-state index is 0.483. The van der Waals surface area contributed by atoms with Gasteiger partial charge in [-0.3, -0.25) is 0 Å². The van der Waals surface area contributed by atoms with Crippen molar-refractivity contribution in [2.75, 3.05) is 0 Å². The number of thiazole rings is 1. The first-order valence-electron chi connectivity index (χ1n) is 7.34. The zero-order valence-corrected chi connectivity index (χ0v) is 12.9.